The number of anilines is 2. The molecule has 0 radical (unpaired) electrons. The molecule has 1 amide bonds. The number of halogens is 1. The van der Waals surface area contributed by atoms with Gasteiger partial charge in [0.2, 0.25) is 0 Å². The predicted molar refractivity (Wildman–Crippen MR) is 142 cm³/mol. The topological polar surface area (TPSA) is 109 Å². The van der Waals surface area contributed by atoms with E-state index in [2.05, 4.69) is 25.5 Å². The number of fused-ring (bicyclic) bond motifs is 1. The largest absolute Gasteiger partial charge is 0.366 e. The van der Waals surface area contributed by atoms with Gasteiger partial charge in [0, 0.05) is 31.9 Å². The van der Waals surface area contributed by atoms with Crippen molar-refractivity contribution in [1.29, 1.82) is 0 Å². The molecule has 0 aliphatic carbocycles. The first-order valence-corrected chi connectivity index (χ1v) is 12.6. The summed E-state index contributed by atoms with van der Waals surface area (Å²) in [6.45, 7) is 5.81. The van der Waals surface area contributed by atoms with Crippen molar-refractivity contribution < 1.29 is 9.18 Å². The zero-order valence-corrected chi connectivity index (χ0v) is 21.2. The number of aryl methyl sites for hydroxylation is 2. The van der Waals surface area contributed by atoms with E-state index in [1.807, 2.05) is 39.1 Å². The summed E-state index contributed by atoms with van der Waals surface area (Å²) in [5, 5.41) is 6.98. The van der Waals surface area contributed by atoms with Crippen LogP contribution in [0, 0.1) is 19.7 Å². The predicted octanol–water partition coefficient (Wildman–Crippen LogP) is 4.02. The molecule has 0 saturated carbocycles. The summed E-state index contributed by atoms with van der Waals surface area (Å²) < 4.78 is 16.0. The van der Waals surface area contributed by atoms with Gasteiger partial charge in [0.05, 0.1) is 26.6 Å². The summed E-state index contributed by atoms with van der Waals surface area (Å²) >= 11 is 1.61. The van der Waals surface area contributed by atoms with E-state index >= 15 is 0 Å². The highest BCUT2D eigenvalue weighted by atomic mass is 32.1. The van der Waals surface area contributed by atoms with Crippen molar-refractivity contribution in [2.24, 2.45) is 5.73 Å². The van der Waals surface area contributed by atoms with E-state index in [1.54, 1.807) is 11.3 Å². The first-order valence-electron chi connectivity index (χ1n) is 11.8. The lowest BCUT2D eigenvalue weighted by atomic mass is 10.0. The van der Waals surface area contributed by atoms with Crippen LogP contribution in [0.25, 0.3) is 21.6 Å². The second-order valence-corrected chi connectivity index (χ2v) is 10.3. The number of aromatic nitrogens is 3. The highest BCUT2D eigenvalue weighted by Crippen LogP contribution is 2.38. The number of rotatable bonds is 6. The van der Waals surface area contributed by atoms with Crippen molar-refractivity contribution in [2.75, 3.05) is 30.4 Å². The molecular formula is C26H28FN7OS. The average molecular weight is 506 g/mol. The molecular weight excluding hydrogens is 477 g/mol. The molecule has 3 heterocycles. The Morgan fingerprint density at radius 3 is 2.81 bits per heavy atom. The van der Waals surface area contributed by atoms with Gasteiger partial charge in [0.15, 0.2) is 5.82 Å². The van der Waals surface area contributed by atoms with E-state index in [4.69, 9.17) is 10.7 Å². The number of benzene rings is 2. The standard InChI is InChI=1S/C26H28FN7OS/c1-14-10-16(12-29-3)11-18(27)22(14)25-30-8-6-20(32-25)26(35)33-19-4-5-21-23(31-15(2)36-21)24(19)34-9-7-17(28)13-34/h4-6,8,10-11,17,29H,7,9,12-13,28H2,1-3H3,(H,33,35). The number of nitrogens with two attached hydrogens (primary N) is 1. The van der Waals surface area contributed by atoms with Crippen LogP contribution in [-0.2, 0) is 6.54 Å². The lowest BCUT2D eigenvalue weighted by molar-refractivity contribution is 0.102. The molecule has 1 atom stereocenters. The molecule has 1 aliphatic heterocycles. The van der Waals surface area contributed by atoms with Crippen LogP contribution in [0.5, 0.6) is 0 Å². The van der Waals surface area contributed by atoms with E-state index in [-0.39, 0.29) is 23.1 Å². The van der Waals surface area contributed by atoms with Crippen molar-refractivity contribution >= 4 is 38.8 Å². The number of amides is 1. The Balaban J connectivity index is 1.48. The van der Waals surface area contributed by atoms with E-state index < -0.39 is 11.7 Å². The monoisotopic (exact) mass is 505 g/mol. The van der Waals surface area contributed by atoms with Gasteiger partial charge in [-0.05, 0) is 62.7 Å². The van der Waals surface area contributed by atoms with Crippen LogP contribution in [0.15, 0.2) is 36.5 Å². The van der Waals surface area contributed by atoms with Gasteiger partial charge in [-0.3, -0.25) is 4.79 Å². The third-order valence-corrected chi connectivity index (χ3v) is 7.21. The molecule has 8 nitrogen and oxygen atoms in total. The molecule has 0 bridgehead atoms. The summed E-state index contributed by atoms with van der Waals surface area (Å²) in [6.07, 6.45) is 2.35. The maximum atomic E-state index is 15.0. The van der Waals surface area contributed by atoms with Crippen molar-refractivity contribution in [2.45, 2.75) is 32.9 Å². The lowest BCUT2D eigenvalue weighted by Crippen LogP contribution is -2.27. The minimum atomic E-state index is -0.421. The van der Waals surface area contributed by atoms with Gasteiger partial charge >= 0.3 is 0 Å². The average Bonchev–Trinajstić information content (AvgIpc) is 3.43. The van der Waals surface area contributed by atoms with Gasteiger partial charge < -0.3 is 21.3 Å². The third kappa shape index (κ3) is 4.67. The van der Waals surface area contributed by atoms with Crippen LogP contribution in [-0.4, -0.2) is 47.0 Å². The fourth-order valence-electron chi connectivity index (χ4n) is 4.70. The number of nitrogens with zero attached hydrogens (tertiary/aromatic N) is 4. The molecule has 5 rings (SSSR count). The van der Waals surface area contributed by atoms with E-state index in [9.17, 15) is 9.18 Å². The summed E-state index contributed by atoms with van der Waals surface area (Å²) in [5.74, 6) is -0.653. The molecule has 1 fully saturated rings. The fourth-order valence-corrected chi connectivity index (χ4v) is 5.53. The quantitative estimate of drug-likeness (QED) is 0.363. The Bertz CT molecular complexity index is 1430. The number of carbonyl (C=O) groups excluding carboxylic acids is 1. The van der Waals surface area contributed by atoms with Crippen molar-refractivity contribution in [1.82, 2.24) is 20.3 Å². The maximum Gasteiger partial charge on any atom is 0.274 e. The SMILES string of the molecule is CNCc1cc(C)c(-c2nccc(C(=O)Nc3ccc4sc(C)nc4c3N3CCC(N)C3)n2)c(F)c1. The minimum absolute atomic E-state index is 0.0746. The molecule has 4 aromatic rings. The van der Waals surface area contributed by atoms with Gasteiger partial charge in [-0.15, -0.1) is 11.3 Å². The number of carbonyl (C=O) groups is 1. The van der Waals surface area contributed by atoms with E-state index in [0.717, 1.165) is 39.4 Å². The summed E-state index contributed by atoms with van der Waals surface area (Å²) in [7, 11) is 1.81. The van der Waals surface area contributed by atoms with E-state index in [0.29, 0.717) is 24.3 Å². The van der Waals surface area contributed by atoms with Crippen LogP contribution in [0.3, 0.4) is 0 Å². The van der Waals surface area contributed by atoms with Crippen molar-refractivity contribution in [3.05, 3.63) is 64.2 Å². The molecule has 186 valence electrons. The molecule has 10 heteroatoms. The van der Waals surface area contributed by atoms with Gasteiger partial charge in [-0.25, -0.2) is 19.3 Å². The Labute approximate surface area is 212 Å². The Hall–Kier alpha value is -3.47. The Morgan fingerprint density at radius 2 is 2.08 bits per heavy atom. The number of hydrogen-bond acceptors (Lipinski definition) is 8. The normalized spacial score (nSPS) is 15.6. The maximum absolute atomic E-state index is 15.0. The first kappa shape index (κ1) is 24.2. The Morgan fingerprint density at radius 1 is 1.25 bits per heavy atom. The molecule has 1 unspecified atom stereocenters. The minimum Gasteiger partial charge on any atom is -0.366 e. The van der Waals surface area contributed by atoms with Crippen LogP contribution in [0.1, 0.15) is 33.0 Å². The van der Waals surface area contributed by atoms with Gasteiger partial charge in [0.1, 0.15) is 17.0 Å². The van der Waals surface area contributed by atoms with Gasteiger partial charge in [-0.1, -0.05) is 6.07 Å². The Kier molecular flexibility index (Phi) is 6.65. The van der Waals surface area contributed by atoms with Crippen LogP contribution < -0.4 is 21.3 Å². The summed E-state index contributed by atoms with van der Waals surface area (Å²) in [5.41, 5.74) is 10.5. The number of thiazole rings is 1. The van der Waals surface area contributed by atoms with Crippen LogP contribution >= 0.6 is 11.3 Å². The van der Waals surface area contributed by atoms with Crippen LogP contribution in [0.2, 0.25) is 0 Å². The molecule has 2 aromatic carbocycles. The van der Waals surface area contributed by atoms with Crippen molar-refractivity contribution in [3.8, 4) is 11.4 Å². The van der Waals surface area contributed by atoms with Crippen molar-refractivity contribution in [3.63, 3.8) is 0 Å². The highest BCUT2D eigenvalue weighted by Gasteiger charge is 2.26. The number of nitrogens with one attached hydrogen (secondary N) is 2. The summed E-state index contributed by atoms with van der Waals surface area (Å²) in [6, 6.07) is 8.81. The lowest BCUT2D eigenvalue weighted by Gasteiger charge is -2.22. The molecule has 2 aromatic heterocycles. The molecule has 36 heavy (non-hydrogen) atoms. The highest BCUT2D eigenvalue weighted by molar-refractivity contribution is 7.18. The van der Waals surface area contributed by atoms with Gasteiger partial charge in [0.25, 0.3) is 5.91 Å². The molecule has 0 spiro atoms. The zero-order chi connectivity index (χ0) is 25.4. The zero-order valence-electron chi connectivity index (χ0n) is 20.4. The number of hydrogen-bond donors (Lipinski definition) is 3. The molecule has 4 N–H and O–H groups in total. The first-order chi connectivity index (χ1) is 17.3. The van der Waals surface area contributed by atoms with E-state index in [1.165, 1.54) is 18.3 Å². The third-order valence-electron chi connectivity index (χ3n) is 6.27. The molecule has 1 aliphatic rings. The van der Waals surface area contributed by atoms with Gasteiger partial charge in [-0.2, -0.15) is 0 Å². The second-order valence-electron chi connectivity index (χ2n) is 9.06. The summed E-state index contributed by atoms with van der Waals surface area (Å²) in [4.78, 5) is 28.9. The fraction of sp³-hybridized carbons (Fsp3) is 0.308. The van der Waals surface area contributed by atoms with Crippen LogP contribution in [0.4, 0.5) is 15.8 Å². The second kappa shape index (κ2) is 9.88. The smallest absolute Gasteiger partial charge is 0.274 e. The molecule has 1 saturated heterocycles.